The molecular formula is C16H29N3O3. The molecule has 2 atom stereocenters. The van der Waals surface area contributed by atoms with Gasteiger partial charge in [-0.1, -0.05) is 0 Å². The van der Waals surface area contributed by atoms with Crippen LogP contribution in [0, 0.1) is 5.92 Å². The zero-order valence-corrected chi connectivity index (χ0v) is 13.5. The number of nitrogens with zero attached hydrogens (tertiary/aromatic N) is 2. The normalized spacial score (nSPS) is 38.1. The second-order valence-corrected chi connectivity index (χ2v) is 7.06. The van der Waals surface area contributed by atoms with Gasteiger partial charge in [0.15, 0.2) is 0 Å². The van der Waals surface area contributed by atoms with Crippen LogP contribution in [0.4, 0.5) is 0 Å². The van der Waals surface area contributed by atoms with E-state index < -0.39 is 0 Å². The van der Waals surface area contributed by atoms with Gasteiger partial charge >= 0.3 is 0 Å². The molecule has 3 aliphatic rings. The SMILES string of the molecule is CN1CCN([C@H]2COC[C@@H]2NC(=O)C2CCC(O)CC2)CC1. The van der Waals surface area contributed by atoms with E-state index in [9.17, 15) is 9.90 Å². The highest BCUT2D eigenvalue weighted by Crippen LogP contribution is 2.25. The van der Waals surface area contributed by atoms with Crippen molar-refractivity contribution in [3.8, 4) is 0 Å². The molecule has 3 fully saturated rings. The standard InChI is InChI=1S/C16H29N3O3/c1-18-6-8-19(9-7-18)15-11-22-10-14(15)17-16(21)12-2-4-13(20)5-3-12/h12-15,20H,2-11H2,1H3,(H,17,21)/t12?,13?,14-,15-/m0/s1. The van der Waals surface area contributed by atoms with Crippen LogP contribution in [0.1, 0.15) is 25.7 Å². The number of amides is 1. The number of likely N-dealkylation sites (N-methyl/N-ethyl adjacent to an activating group) is 1. The van der Waals surface area contributed by atoms with Crippen molar-refractivity contribution in [2.24, 2.45) is 5.92 Å². The minimum atomic E-state index is -0.211. The summed E-state index contributed by atoms with van der Waals surface area (Å²) < 4.78 is 5.65. The first-order chi connectivity index (χ1) is 10.6. The zero-order chi connectivity index (χ0) is 15.5. The molecule has 0 unspecified atom stereocenters. The van der Waals surface area contributed by atoms with Crippen LogP contribution in [0.5, 0.6) is 0 Å². The van der Waals surface area contributed by atoms with Crippen molar-refractivity contribution in [2.45, 2.75) is 43.9 Å². The highest BCUT2D eigenvalue weighted by molar-refractivity contribution is 5.79. The third-order valence-electron chi connectivity index (χ3n) is 5.45. The van der Waals surface area contributed by atoms with E-state index in [-0.39, 0.29) is 24.0 Å². The molecule has 0 aromatic rings. The molecule has 126 valence electrons. The maximum Gasteiger partial charge on any atom is 0.223 e. The summed E-state index contributed by atoms with van der Waals surface area (Å²) in [5.74, 6) is 0.221. The highest BCUT2D eigenvalue weighted by atomic mass is 16.5. The smallest absolute Gasteiger partial charge is 0.223 e. The maximum absolute atomic E-state index is 12.5. The van der Waals surface area contributed by atoms with Crippen molar-refractivity contribution in [1.29, 1.82) is 0 Å². The van der Waals surface area contributed by atoms with E-state index in [1.165, 1.54) is 0 Å². The molecule has 1 aliphatic carbocycles. The van der Waals surface area contributed by atoms with Crippen LogP contribution in [0.2, 0.25) is 0 Å². The Morgan fingerprint density at radius 3 is 2.45 bits per heavy atom. The van der Waals surface area contributed by atoms with Crippen LogP contribution < -0.4 is 5.32 Å². The Morgan fingerprint density at radius 1 is 1.09 bits per heavy atom. The third-order valence-corrected chi connectivity index (χ3v) is 5.45. The van der Waals surface area contributed by atoms with Crippen LogP contribution >= 0.6 is 0 Å². The molecule has 0 radical (unpaired) electrons. The Morgan fingerprint density at radius 2 is 1.77 bits per heavy atom. The number of hydrogen-bond donors (Lipinski definition) is 2. The molecule has 3 rings (SSSR count). The topological polar surface area (TPSA) is 65.0 Å². The van der Waals surface area contributed by atoms with Crippen molar-refractivity contribution >= 4 is 5.91 Å². The average Bonchev–Trinajstić information content (AvgIpc) is 2.97. The summed E-state index contributed by atoms with van der Waals surface area (Å²) in [6.07, 6.45) is 2.90. The molecule has 1 amide bonds. The summed E-state index contributed by atoms with van der Waals surface area (Å²) in [5, 5.41) is 12.8. The molecule has 6 nitrogen and oxygen atoms in total. The Bertz CT molecular complexity index is 377. The van der Waals surface area contributed by atoms with Gasteiger partial charge in [-0.25, -0.2) is 0 Å². The number of carbonyl (C=O) groups excluding carboxylic acids is 1. The molecule has 2 saturated heterocycles. The summed E-state index contributed by atoms with van der Waals surface area (Å²) >= 11 is 0. The Balaban J connectivity index is 1.51. The maximum atomic E-state index is 12.5. The van der Waals surface area contributed by atoms with Crippen molar-refractivity contribution < 1.29 is 14.6 Å². The van der Waals surface area contributed by atoms with E-state index in [2.05, 4.69) is 22.2 Å². The first kappa shape index (κ1) is 16.2. The number of carbonyl (C=O) groups is 1. The zero-order valence-electron chi connectivity index (χ0n) is 13.5. The molecule has 0 aromatic carbocycles. The number of aliphatic hydroxyl groups is 1. The lowest BCUT2D eigenvalue weighted by Crippen LogP contribution is -2.57. The third kappa shape index (κ3) is 3.79. The summed E-state index contributed by atoms with van der Waals surface area (Å²) in [5.41, 5.74) is 0. The van der Waals surface area contributed by atoms with Gasteiger partial charge in [-0.15, -0.1) is 0 Å². The molecule has 1 saturated carbocycles. The van der Waals surface area contributed by atoms with E-state index in [0.717, 1.165) is 58.5 Å². The minimum absolute atomic E-state index is 0.0668. The first-order valence-electron chi connectivity index (χ1n) is 8.62. The van der Waals surface area contributed by atoms with Gasteiger partial charge in [-0.2, -0.15) is 0 Å². The minimum Gasteiger partial charge on any atom is -0.393 e. The fourth-order valence-corrected chi connectivity index (χ4v) is 3.83. The molecule has 0 bridgehead atoms. The molecule has 22 heavy (non-hydrogen) atoms. The van der Waals surface area contributed by atoms with E-state index in [1.54, 1.807) is 0 Å². The molecule has 6 heteroatoms. The van der Waals surface area contributed by atoms with E-state index in [4.69, 9.17) is 4.74 Å². The van der Waals surface area contributed by atoms with Gasteiger partial charge in [-0.3, -0.25) is 9.69 Å². The van der Waals surface area contributed by atoms with Gasteiger partial charge < -0.3 is 20.1 Å². The number of hydrogen-bond acceptors (Lipinski definition) is 5. The van der Waals surface area contributed by atoms with Crippen molar-refractivity contribution in [1.82, 2.24) is 15.1 Å². The number of rotatable bonds is 3. The van der Waals surface area contributed by atoms with Gasteiger partial charge in [0.1, 0.15) is 0 Å². The first-order valence-corrected chi connectivity index (χ1v) is 8.62. The average molecular weight is 311 g/mol. The number of ether oxygens (including phenoxy) is 1. The van der Waals surface area contributed by atoms with Gasteiger partial charge in [0, 0.05) is 32.1 Å². The number of nitrogens with one attached hydrogen (secondary N) is 1. The van der Waals surface area contributed by atoms with Crippen molar-refractivity contribution in [2.75, 3.05) is 46.4 Å². The van der Waals surface area contributed by atoms with Crippen LogP contribution in [0.15, 0.2) is 0 Å². The molecule has 2 N–H and O–H groups in total. The summed E-state index contributed by atoms with van der Waals surface area (Å²) in [6.45, 7) is 5.60. The Labute approximate surface area is 132 Å². The fourth-order valence-electron chi connectivity index (χ4n) is 3.83. The lowest BCUT2D eigenvalue weighted by molar-refractivity contribution is -0.127. The fraction of sp³-hybridized carbons (Fsp3) is 0.938. The Kier molecular flexibility index (Phi) is 5.33. The van der Waals surface area contributed by atoms with E-state index in [1.807, 2.05) is 0 Å². The molecule has 2 aliphatic heterocycles. The monoisotopic (exact) mass is 311 g/mol. The van der Waals surface area contributed by atoms with Gasteiger partial charge in [0.05, 0.1) is 31.4 Å². The van der Waals surface area contributed by atoms with Crippen LogP contribution in [-0.2, 0) is 9.53 Å². The predicted molar refractivity (Wildman–Crippen MR) is 83.6 cm³/mol. The lowest BCUT2D eigenvalue weighted by atomic mass is 9.86. The largest absolute Gasteiger partial charge is 0.393 e. The lowest BCUT2D eigenvalue weighted by Gasteiger charge is -2.38. The van der Waals surface area contributed by atoms with E-state index in [0.29, 0.717) is 12.6 Å². The quantitative estimate of drug-likeness (QED) is 0.747. The van der Waals surface area contributed by atoms with Crippen molar-refractivity contribution in [3.63, 3.8) is 0 Å². The molecule has 2 heterocycles. The highest BCUT2D eigenvalue weighted by Gasteiger charge is 2.36. The van der Waals surface area contributed by atoms with Gasteiger partial charge in [-0.05, 0) is 32.7 Å². The molecule has 0 aromatic heterocycles. The number of piperazine rings is 1. The van der Waals surface area contributed by atoms with Crippen LogP contribution in [-0.4, -0.2) is 85.4 Å². The van der Waals surface area contributed by atoms with Crippen LogP contribution in [0.25, 0.3) is 0 Å². The summed E-state index contributed by atoms with van der Waals surface area (Å²) in [7, 11) is 2.15. The van der Waals surface area contributed by atoms with Gasteiger partial charge in [0.25, 0.3) is 0 Å². The number of aliphatic hydroxyl groups excluding tert-OH is 1. The molecule has 0 spiro atoms. The summed E-state index contributed by atoms with van der Waals surface area (Å²) in [6, 6.07) is 0.426. The second-order valence-electron chi connectivity index (χ2n) is 7.06. The second kappa shape index (κ2) is 7.25. The predicted octanol–water partition coefficient (Wildman–Crippen LogP) is -0.331. The van der Waals surface area contributed by atoms with Crippen molar-refractivity contribution in [3.05, 3.63) is 0 Å². The van der Waals surface area contributed by atoms with E-state index >= 15 is 0 Å². The molecular weight excluding hydrogens is 282 g/mol. The van der Waals surface area contributed by atoms with Gasteiger partial charge in [0.2, 0.25) is 5.91 Å². The Hall–Kier alpha value is -0.690. The van der Waals surface area contributed by atoms with Crippen LogP contribution in [0.3, 0.4) is 0 Å². The summed E-state index contributed by atoms with van der Waals surface area (Å²) in [4.78, 5) is 17.3.